The Bertz CT molecular complexity index is 1230. The summed E-state index contributed by atoms with van der Waals surface area (Å²) in [5.74, 6) is -2.97. The third-order valence-corrected chi connectivity index (χ3v) is 8.79. The minimum atomic E-state index is -1.25. The predicted molar refractivity (Wildman–Crippen MR) is 154 cm³/mol. The lowest BCUT2D eigenvalue weighted by atomic mass is 9.74. The molecule has 0 radical (unpaired) electrons. The summed E-state index contributed by atoms with van der Waals surface area (Å²) in [6.07, 6.45) is 9.24. The monoisotopic (exact) mass is 579 g/mol. The Morgan fingerprint density at radius 3 is 2.57 bits per heavy atom. The van der Waals surface area contributed by atoms with Crippen molar-refractivity contribution < 1.29 is 33.8 Å². The number of hydrogen-bond acceptors (Lipinski definition) is 7. The lowest BCUT2D eigenvalue weighted by Crippen LogP contribution is -2.57. The molecule has 0 unspecified atom stereocenters. The van der Waals surface area contributed by atoms with Crippen LogP contribution in [-0.2, 0) is 28.7 Å². The Morgan fingerprint density at radius 2 is 1.83 bits per heavy atom. The number of ether oxygens (including phenoxy) is 2. The van der Waals surface area contributed by atoms with Crippen LogP contribution in [0.3, 0.4) is 0 Å². The molecule has 3 amide bonds. The maximum absolute atomic E-state index is 14.3. The second-order valence-corrected chi connectivity index (χ2v) is 11.8. The van der Waals surface area contributed by atoms with Crippen molar-refractivity contribution in [2.45, 2.75) is 75.8 Å². The number of carbonyl (C=O) groups excluding carboxylic acids is 4. The number of aliphatic hydroxyl groups is 1. The van der Waals surface area contributed by atoms with Crippen molar-refractivity contribution in [1.29, 1.82) is 0 Å². The number of cyclic esters (lactones) is 1. The largest absolute Gasteiger partial charge is 0.463 e. The van der Waals surface area contributed by atoms with Crippen LogP contribution in [0, 0.1) is 11.8 Å². The number of allylic oxidation sites excluding steroid dienone is 1. The van der Waals surface area contributed by atoms with E-state index in [1.54, 1.807) is 15.9 Å². The zero-order chi connectivity index (χ0) is 29.9. The lowest BCUT2D eigenvalue weighted by molar-refractivity contribution is -0.148. The average Bonchev–Trinajstić information content (AvgIpc) is 3.62. The molecule has 0 saturated carbocycles. The van der Waals surface area contributed by atoms with Gasteiger partial charge in [-0.3, -0.25) is 19.2 Å². The average molecular weight is 580 g/mol. The van der Waals surface area contributed by atoms with Crippen molar-refractivity contribution in [3.63, 3.8) is 0 Å². The quantitative estimate of drug-likeness (QED) is 0.289. The predicted octanol–water partition coefficient (Wildman–Crippen LogP) is 2.29. The van der Waals surface area contributed by atoms with Crippen molar-refractivity contribution in [3.05, 3.63) is 60.2 Å². The number of nitrogens with zero attached hydrogens (tertiary/aromatic N) is 2. The zero-order valence-corrected chi connectivity index (χ0v) is 24.3. The molecule has 1 aromatic rings. The maximum atomic E-state index is 14.3. The summed E-state index contributed by atoms with van der Waals surface area (Å²) in [6, 6.07) is 7.58. The first-order valence-electron chi connectivity index (χ1n) is 15.0. The molecule has 10 nitrogen and oxygen atoms in total. The van der Waals surface area contributed by atoms with Crippen LogP contribution in [0.15, 0.2) is 54.6 Å². The molecule has 2 fully saturated rings. The molecule has 2 N–H and O–H groups in total. The van der Waals surface area contributed by atoms with Crippen molar-refractivity contribution in [2.24, 2.45) is 11.8 Å². The highest BCUT2D eigenvalue weighted by Gasteiger charge is 2.73. The van der Waals surface area contributed by atoms with E-state index in [9.17, 15) is 24.3 Å². The standard InChI is InChI=1S/C32H41N3O7/c1-21(2)34-17-9-4-8-14-25(37)41-20-23(22-12-6-3-7-13-22)33-29(38)26-24-15-16-32(42-24)27(26)30(39)35(28(32)31(34)40)18-10-5-11-19-36/h3-4,6-7,9,12-13,15-16,21,23-24,26-28,36H,5,8,10-11,14,17-20H2,1-2H3,(H,33,38)/b9-4-/t23-,24-,26+,27+,28-,32+/m1/s1. The third-order valence-electron chi connectivity index (χ3n) is 8.79. The van der Waals surface area contributed by atoms with E-state index in [0.29, 0.717) is 38.8 Å². The zero-order valence-electron chi connectivity index (χ0n) is 24.3. The van der Waals surface area contributed by atoms with Crippen LogP contribution in [0.5, 0.6) is 0 Å². The van der Waals surface area contributed by atoms with E-state index in [2.05, 4.69) is 5.32 Å². The van der Waals surface area contributed by atoms with Gasteiger partial charge in [0.15, 0.2) is 0 Å². The second-order valence-electron chi connectivity index (χ2n) is 11.8. The first kappa shape index (κ1) is 30.0. The van der Waals surface area contributed by atoms with Crippen molar-refractivity contribution >= 4 is 23.7 Å². The Balaban J connectivity index is 1.53. The van der Waals surface area contributed by atoms with Crippen molar-refractivity contribution in [3.8, 4) is 0 Å². The molecule has 226 valence electrons. The number of benzene rings is 1. The number of carbonyl (C=O) groups is 4. The Labute approximate surface area is 246 Å². The van der Waals surface area contributed by atoms with Gasteiger partial charge in [-0.15, -0.1) is 0 Å². The molecule has 0 aromatic heterocycles. The molecule has 5 rings (SSSR count). The van der Waals surface area contributed by atoms with Crippen LogP contribution in [0.4, 0.5) is 0 Å². The smallest absolute Gasteiger partial charge is 0.306 e. The van der Waals surface area contributed by atoms with E-state index >= 15 is 0 Å². The molecule has 1 aromatic carbocycles. The highest BCUT2D eigenvalue weighted by Crippen LogP contribution is 2.55. The Kier molecular flexibility index (Phi) is 9.13. The fourth-order valence-electron chi connectivity index (χ4n) is 6.70. The fraction of sp³-hybridized carbons (Fsp3) is 0.562. The maximum Gasteiger partial charge on any atom is 0.306 e. The summed E-state index contributed by atoms with van der Waals surface area (Å²) in [5.41, 5.74) is -0.480. The van der Waals surface area contributed by atoms with E-state index in [4.69, 9.17) is 9.47 Å². The van der Waals surface area contributed by atoms with Gasteiger partial charge >= 0.3 is 5.97 Å². The third kappa shape index (κ3) is 5.62. The number of aliphatic hydroxyl groups excluding tert-OH is 1. The van der Waals surface area contributed by atoms with Crippen LogP contribution in [-0.4, -0.2) is 88.7 Å². The number of likely N-dealkylation sites (tertiary alicyclic amines) is 1. The van der Waals surface area contributed by atoms with Gasteiger partial charge in [-0.1, -0.05) is 54.6 Å². The molecule has 4 heterocycles. The van der Waals surface area contributed by atoms with E-state index < -0.39 is 35.6 Å². The van der Waals surface area contributed by atoms with Gasteiger partial charge in [-0.2, -0.15) is 0 Å². The van der Waals surface area contributed by atoms with E-state index in [1.807, 2.05) is 62.4 Å². The highest BCUT2D eigenvalue weighted by atomic mass is 16.5. The van der Waals surface area contributed by atoms with Gasteiger partial charge in [0, 0.05) is 32.2 Å². The van der Waals surface area contributed by atoms with Gasteiger partial charge < -0.3 is 29.7 Å². The van der Waals surface area contributed by atoms with Crippen LogP contribution in [0.1, 0.15) is 57.6 Å². The molecule has 6 atom stereocenters. The summed E-state index contributed by atoms with van der Waals surface area (Å²) in [5, 5.41) is 12.3. The number of rotatable bonds is 7. The molecule has 5 bridgehead atoms. The SMILES string of the molecule is CC(C)N1C/C=C\CCC(=O)OC[C@H](c2ccccc2)NC(=O)[C@@H]2[C@H]3C(=O)N(CCCCCO)[C@H](C1=O)[C@]31C=C[C@H]2O1. The second kappa shape index (κ2) is 12.8. The minimum Gasteiger partial charge on any atom is -0.463 e. The summed E-state index contributed by atoms with van der Waals surface area (Å²) < 4.78 is 12.1. The first-order valence-corrected chi connectivity index (χ1v) is 15.0. The van der Waals surface area contributed by atoms with Crippen LogP contribution < -0.4 is 5.32 Å². The summed E-state index contributed by atoms with van der Waals surface area (Å²) in [6.45, 7) is 4.49. The van der Waals surface area contributed by atoms with Gasteiger partial charge in [-0.05, 0) is 45.1 Å². The van der Waals surface area contributed by atoms with Crippen molar-refractivity contribution in [1.82, 2.24) is 15.1 Å². The topological polar surface area (TPSA) is 125 Å². The summed E-state index contributed by atoms with van der Waals surface area (Å²) >= 11 is 0. The van der Waals surface area contributed by atoms with Gasteiger partial charge in [0.1, 0.15) is 18.2 Å². The lowest BCUT2D eigenvalue weighted by Gasteiger charge is -2.37. The summed E-state index contributed by atoms with van der Waals surface area (Å²) in [4.78, 5) is 58.4. The van der Waals surface area contributed by atoms with Crippen molar-refractivity contribution in [2.75, 3.05) is 26.3 Å². The van der Waals surface area contributed by atoms with Gasteiger partial charge in [0.25, 0.3) is 0 Å². The molecular formula is C32H41N3O7. The van der Waals surface area contributed by atoms with Gasteiger partial charge in [0.05, 0.1) is 24.0 Å². The number of esters is 1. The van der Waals surface area contributed by atoms with Crippen LogP contribution in [0.25, 0.3) is 0 Å². The molecule has 4 aliphatic rings. The molecule has 4 aliphatic heterocycles. The molecule has 1 spiro atoms. The van der Waals surface area contributed by atoms with E-state index in [-0.39, 0.29) is 49.4 Å². The number of nitrogens with one attached hydrogen (secondary N) is 1. The Hall–Kier alpha value is -3.50. The van der Waals surface area contributed by atoms with Crippen LogP contribution >= 0.6 is 0 Å². The van der Waals surface area contributed by atoms with E-state index in [0.717, 1.165) is 5.56 Å². The highest BCUT2D eigenvalue weighted by molar-refractivity contribution is 6.00. The molecular weight excluding hydrogens is 538 g/mol. The molecule has 10 heteroatoms. The van der Waals surface area contributed by atoms with Gasteiger partial charge in [-0.25, -0.2) is 0 Å². The number of fused-ring (bicyclic) bond motifs is 2. The molecule has 0 aliphatic carbocycles. The Morgan fingerprint density at radius 1 is 1.05 bits per heavy atom. The number of hydrogen-bond donors (Lipinski definition) is 2. The van der Waals surface area contributed by atoms with Gasteiger partial charge in [0.2, 0.25) is 17.7 Å². The minimum absolute atomic E-state index is 0.0463. The number of amides is 3. The first-order chi connectivity index (χ1) is 20.3. The molecule has 2 saturated heterocycles. The van der Waals surface area contributed by atoms with Crippen LogP contribution in [0.2, 0.25) is 0 Å². The normalized spacial score (nSPS) is 32.3. The molecule has 42 heavy (non-hydrogen) atoms. The summed E-state index contributed by atoms with van der Waals surface area (Å²) in [7, 11) is 0. The van der Waals surface area contributed by atoms with E-state index in [1.165, 1.54) is 0 Å². The number of unbranched alkanes of at least 4 members (excludes halogenated alkanes) is 2. The fourth-order valence-corrected chi connectivity index (χ4v) is 6.70.